The number of nitrogens with one attached hydrogen (secondary N) is 1. The van der Waals surface area contributed by atoms with Crippen LogP contribution < -0.4 is 0 Å². The van der Waals surface area contributed by atoms with Crippen LogP contribution in [0.4, 0.5) is 0 Å². The Labute approximate surface area is 71.8 Å². The zero-order valence-corrected chi connectivity index (χ0v) is 7.53. The van der Waals surface area contributed by atoms with Crippen molar-refractivity contribution in [3.8, 4) is 0 Å². The number of esters is 1. The van der Waals surface area contributed by atoms with Crippen molar-refractivity contribution in [1.29, 1.82) is 5.41 Å². The third-order valence-electron chi connectivity index (χ3n) is 0.724. The monoisotopic (exact) mass is 181 g/mol. The lowest BCUT2D eigenvalue weighted by molar-refractivity contribution is -0.134. The van der Waals surface area contributed by atoms with E-state index >= 15 is 0 Å². The number of methoxy groups -OCH3 is 1. The average molecular weight is 182 g/mol. The third kappa shape index (κ3) is 5.66. The molecule has 1 N–H and O–H groups in total. The average Bonchev–Trinajstić information content (AvgIpc) is 1.85. The fourth-order valence-electron chi connectivity index (χ4n) is 0.377. The van der Waals surface area contributed by atoms with E-state index in [1.165, 1.54) is 7.11 Å². The molecule has 0 aromatic rings. The highest BCUT2D eigenvalue weighted by Gasteiger charge is 2.11. The maximum absolute atomic E-state index is 10.5. The summed E-state index contributed by atoms with van der Waals surface area (Å²) >= 11 is 0. The smallest absolute Gasteiger partial charge is 0.393 e. The van der Waals surface area contributed by atoms with Crippen LogP contribution in [0.5, 0.6) is 0 Å². The Morgan fingerprint density at radius 1 is 1.45 bits per heavy atom. The van der Waals surface area contributed by atoms with Crippen LogP contribution >= 0.6 is 12.4 Å². The van der Waals surface area contributed by atoms with Crippen molar-refractivity contribution in [2.24, 2.45) is 0 Å². The molecule has 4 nitrogen and oxygen atoms in total. The summed E-state index contributed by atoms with van der Waals surface area (Å²) in [6.07, 6.45) is -0.161. The van der Waals surface area contributed by atoms with Gasteiger partial charge in [-0.05, 0) is 13.8 Å². The van der Waals surface area contributed by atoms with Gasteiger partial charge in [-0.25, -0.2) is 4.79 Å². The molecule has 0 aromatic heterocycles. The number of halogens is 1. The Kier molecular flexibility index (Phi) is 6.99. The molecule has 0 aromatic carbocycles. The van der Waals surface area contributed by atoms with Crippen molar-refractivity contribution in [1.82, 2.24) is 0 Å². The zero-order valence-electron chi connectivity index (χ0n) is 6.71. The molecular formula is C6H12ClNO3. The minimum atomic E-state index is -0.742. The molecule has 0 saturated heterocycles. The molecule has 0 unspecified atom stereocenters. The normalized spacial score (nSPS) is 8.36. The fourth-order valence-corrected chi connectivity index (χ4v) is 0.377. The molecule has 0 bridgehead atoms. The van der Waals surface area contributed by atoms with Gasteiger partial charge in [0.15, 0.2) is 0 Å². The molecule has 5 heteroatoms. The van der Waals surface area contributed by atoms with Crippen LogP contribution in [-0.2, 0) is 14.3 Å². The number of carbonyl (C=O) groups is 1. The highest BCUT2D eigenvalue weighted by molar-refractivity contribution is 6.31. The van der Waals surface area contributed by atoms with Crippen LogP contribution in [0.2, 0.25) is 0 Å². The zero-order chi connectivity index (χ0) is 8.15. The summed E-state index contributed by atoms with van der Waals surface area (Å²) < 4.78 is 8.94. The number of carbonyl (C=O) groups excluding carboxylic acids is 1. The lowest BCUT2D eigenvalue weighted by Crippen LogP contribution is -2.21. The second kappa shape index (κ2) is 5.97. The van der Waals surface area contributed by atoms with Crippen LogP contribution in [0.1, 0.15) is 13.8 Å². The van der Waals surface area contributed by atoms with Crippen molar-refractivity contribution in [3.05, 3.63) is 0 Å². The lowest BCUT2D eigenvalue weighted by atomic mass is 10.5. The summed E-state index contributed by atoms with van der Waals surface area (Å²) in [4.78, 5) is 10.5. The van der Waals surface area contributed by atoms with Gasteiger partial charge < -0.3 is 9.47 Å². The van der Waals surface area contributed by atoms with Crippen LogP contribution in [0.15, 0.2) is 0 Å². The van der Waals surface area contributed by atoms with Crippen molar-refractivity contribution in [2.45, 2.75) is 20.0 Å². The molecule has 0 saturated carbocycles. The second-order valence-electron chi connectivity index (χ2n) is 1.99. The highest BCUT2D eigenvalue weighted by atomic mass is 35.5. The van der Waals surface area contributed by atoms with Gasteiger partial charge in [-0.15, -0.1) is 12.4 Å². The van der Waals surface area contributed by atoms with Crippen LogP contribution in [0.3, 0.4) is 0 Å². The van der Waals surface area contributed by atoms with E-state index in [9.17, 15) is 4.79 Å². The Balaban J connectivity index is 0. The summed E-state index contributed by atoms with van der Waals surface area (Å²) in [7, 11) is 1.21. The van der Waals surface area contributed by atoms with E-state index < -0.39 is 11.9 Å². The SMILES string of the molecule is COC(=O)C(=N)OC(C)C.Cl. The maximum Gasteiger partial charge on any atom is 0.393 e. The van der Waals surface area contributed by atoms with E-state index in [1.807, 2.05) is 0 Å². The van der Waals surface area contributed by atoms with E-state index in [4.69, 9.17) is 10.1 Å². The largest absolute Gasteiger partial charge is 0.470 e. The summed E-state index contributed by atoms with van der Waals surface area (Å²) in [5.74, 6) is -1.19. The minimum Gasteiger partial charge on any atom is -0.470 e. The van der Waals surface area contributed by atoms with Gasteiger partial charge >= 0.3 is 5.97 Å². The quantitative estimate of drug-likeness (QED) is 0.373. The molecule has 0 spiro atoms. The molecule has 0 aliphatic carbocycles. The Morgan fingerprint density at radius 3 is 2.18 bits per heavy atom. The molecule has 0 fully saturated rings. The van der Waals surface area contributed by atoms with Crippen LogP contribution in [-0.4, -0.2) is 25.1 Å². The number of ether oxygens (including phenoxy) is 2. The first-order valence-corrected chi connectivity index (χ1v) is 2.91. The first kappa shape index (κ1) is 12.9. The van der Waals surface area contributed by atoms with Crippen molar-refractivity contribution >= 4 is 24.3 Å². The molecular weight excluding hydrogens is 170 g/mol. The van der Waals surface area contributed by atoms with Crippen LogP contribution in [0.25, 0.3) is 0 Å². The van der Waals surface area contributed by atoms with E-state index in [1.54, 1.807) is 13.8 Å². The Morgan fingerprint density at radius 2 is 1.91 bits per heavy atom. The molecule has 11 heavy (non-hydrogen) atoms. The van der Waals surface area contributed by atoms with Gasteiger partial charge in [0.05, 0.1) is 13.2 Å². The van der Waals surface area contributed by atoms with Gasteiger partial charge in [-0.2, -0.15) is 0 Å². The first-order valence-electron chi connectivity index (χ1n) is 2.91. The Hall–Kier alpha value is -0.770. The molecule has 0 heterocycles. The number of rotatable bonds is 1. The standard InChI is InChI=1S/C6H11NO3.ClH/c1-4(2)10-5(7)6(8)9-3;/h4,7H,1-3H3;1H. The fraction of sp³-hybridized carbons (Fsp3) is 0.667. The molecule has 0 atom stereocenters. The highest BCUT2D eigenvalue weighted by Crippen LogP contribution is 1.90. The van der Waals surface area contributed by atoms with Gasteiger partial charge in [0.1, 0.15) is 0 Å². The van der Waals surface area contributed by atoms with Crippen molar-refractivity contribution in [3.63, 3.8) is 0 Å². The number of hydrogen-bond donors (Lipinski definition) is 1. The molecule has 0 radical (unpaired) electrons. The van der Waals surface area contributed by atoms with E-state index in [-0.39, 0.29) is 18.5 Å². The summed E-state index contributed by atoms with van der Waals surface area (Å²) in [5.41, 5.74) is 0. The number of hydrogen-bond acceptors (Lipinski definition) is 4. The summed E-state index contributed by atoms with van der Waals surface area (Å²) in [6.45, 7) is 3.47. The molecule has 0 rings (SSSR count). The first-order chi connectivity index (χ1) is 4.57. The van der Waals surface area contributed by atoms with Gasteiger partial charge in [0.25, 0.3) is 5.90 Å². The van der Waals surface area contributed by atoms with E-state index in [0.29, 0.717) is 0 Å². The minimum absolute atomic E-state index is 0. The summed E-state index contributed by atoms with van der Waals surface area (Å²) in [5, 5.41) is 6.93. The molecule has 0 amide bonds. The van der Waals surface area contributed by atoms with Crippen molar-refractivity contribution < 1.29 is 14.3 Å². The molecule has 0 aliphatic rings. The van der Waals surface area contributed by atoms with Gasteiger partial charge in [-0.3, -0.25) is 5.41 Å². The Bertz CT molecular complexity index is 147. The predicted octanol–water partition coefficient (Wildman–Crippen LogP) is 0.983. The second-order valence-corrected chi connectivity index (χ2v) is 1.99. The molecule has 0 aliphatic heterocycles. The predicted molar refractivity (Wildman–Crippen MR) is 43.2 cm³/mol. The van der Waals surface area contributed by atoms with Crippen LogP contribution in [0, 0.1) is 5.41 Å². The third-order valence-corrected chi connectivity index (χ3v) is 0.724. The lowest BCUT2D eigenvalue weighted by Gasteiger charge is -2.07. The topological polar surface area (TPSA) is 59.4 Å². The molecule has 66 valence electrons. The van der Waals surface area contributed by atoms with Gasteiger partial charge in [0, 0.05) is 0 Å². The van der Waals surface area contributed by atoms with E-state index in [2.05, 4.69) is 4.74 Å². The summed E-state index contributed by atoms with van der Waals surface area (Å²) in [6, 6.07) is 0. The van der Waals surface area contributed by atoms with Gasteiger partial charge in [0.2, 0.25) is 0 Å². The maximum atomic E-state index is 10.5. The van der Waals surface area contributed by atoms with Gasteiger partial charge in [-0.1, -0.05) is 0 Å². The van der Waals surface area contributed by atoms with E-state index in [0.717, 1.165) is 0 Å². The van der Waals surface area contributed by atoms with Crippen molar-refractivity contribution in [2.75, 3.05) is 7.11 Å².